The molecule has 1 aromatic heterocycles. The molecule has 6 heteroatoms. The van der Waals surface area contributed by atoms with Crippen molar-refractivity contribution in [2.75, 3.05) is 30.9 Å². The van der Waals surface area contributed by atoms with Gasteiger partial charge in [-0.25, -0.2) is 9.78 Å². The van der Waals surface area contributed by atoms with Crippen LogP contribution in [0, 0.1) is 0 Å². The van der Waals surface area contributed by atoms with Gasteiger partial charge >= 0.3 is 6.03 Å². The van der Waals surface area contributed by atoms with E-state index in [2.05, 4.69) is 10.3 Å². The molecule has 1 unspecified atom stereocenters. The van der Waals surface area contributed by atoms with Gasteiger partial charge in [0.25, 0.3) is 0 Å². The quantitative estimate of drug-likeness (QED) is 0.874. The molecule has 25 heavy (non-hydrogen) atoms. The van der Waals surface area contributed by atoms with E-state index < -0.39 is 0 Å². The summed E-state index contributed by atoms with van der Waals surface area (Å²) in [4.78, 5) is 21.0. The number of aromatic nitrogens is 1. The first kappa shape index (κ1) is 17.5. The van der Waals surface area contributed by atoms with Gasteiger partial charge in [0, 0.05) is 43.6 Å². The third kappa shape index (κ3) is 4.23. The molecule has 0 radical (unpaired) electrons. The number of rotatable bonds is 3. The van der Waals surface area contributed by atoms with Gasteiger partial charge in [-0.1, -0.05) is 23.7 Å². The highest BCUT2D eigenvalue weighted by molar-refractivity contribution is 6.30. The summed E-state index contributed by atoms with van der Waals surface area (Å²) >= 11 is 5.99. The van der Waals surface area contributed by atoms with Crippen molar-refractivity contribution in [2.45, 2.75) is 25.3 Å². The summed E-state index contributed by atoms with van der Waals surface area (Å²) in [5, 5.41) is 3.72. The number of urea groups is 1. The SMILES string of the molecule is CN(C)c1cc(NC(=O)N2CCCCC2c2ccc(Cl)cc2)ccn1. The summed E-state index contributed by atoms with van der Waals surface area (Å²) in [5.41, 5.74) is 1.88. The predicted molar refractivity (Wildman–Crippen MR) is 102 cm³/mol. The molecular weight excluding hydrogens is 336 g/mol. The van der Waals surface area contributed by atoms with Crippen LogP contribution in [0.2, 0.25) is 5.02 Å². The molecule has 2 amide bonds. The lowest BCUT2D eigenvalue weighted by Gasteiger charge is -2.36. The molecule has 1 aliphatic heterocycles. The molecule has 1 saturated heterocycles. The summed E-state index contributed by atoms with van der Waals surface area (Å²) in [7, 11) is 3.85. The number of piperidine rings is 1. The Hall–Kier alpha value is -2.27. The van der Waals surface area contributed by atoms with E-state index in [4.69, 9.17) is 11.6 Å². The van der Waals surface area contributed by atoms with Crippen LogP contribution in [0.3, 0.4) is 0 Å². The number of nitrogens with one attached hydrogen (secondary N) is 1. The Balaban J connectivity index is 1.77. The molecule has 5 nitrogen and oxygen atoms in total. The summed E-state index contributed by atoms with van der Waals surface area (Å²) in [6.07, 6.45) is 4.82. The predicted octanol–water partition coefficient (Wildman–Crippen LogP) is 4.56. The Labute approximate surface area is 153 Å². The number of benzene rings is 1. The van der Waals surface area contributed by atoms with E-state index >= 15 is 0 Å². The minimum atomic E-state index is -0.0736. The molecule has 0 bridgehead atoms. The highest BCUT2D eigenvalue weighted by Gasteiger charge is 2.28. The first-order valence-corrected chi connectivity index (χ1v) is 8.89. The molecule has 132 valence electrons. The van der Waals surface area contributed by atoms with Crippen LogP contribution in [0.5, 0.6) is 0 Å². The van der Waals surface area contributed by atoms with Gasteiger partial charge in [-0.05, 0) is 43.0 Å². The van der Waals surface area contributed by atoms with Crippen molar-refractivity contribution in [3.05, 3.63) is 53.2 Å². The molecule has 0 saturated carbocycles. The fourth-order valence-electron chi connectivity index (χ4n) is 3.14. The third-order valence-corrected chi connectivity index (χ3v) is 4.73. The second kappa shape index (κ2) is 7.74. The lowest BCUT2D eigenvalue weighted by molar-refractivity contribution is 0.163. The molecule has 3 rings (SSSR count). The van der Waals surface area contributed by atoms with Crippen LogP contribution in [0.4, 0.5) is 16.3 Å². The number of anilines is 2. The van der Waals surface area contributed by atoms with E-state index in [1.54, 1.807) is 6.20 Å². The van der Waals surface area contributed by atoms with Gasteiger partial charge in [0.05, 0.1) is 6.04 Å². The number of carbonyl (C=O) groups excluding carboxylic acids is 1. The molecule has 0 spiro atoms. The fraction of sp³-hybridized carbons (Fsp3) is 0.368. The second-order valence-electron chi connectivity index (χ2n) is 6.48. The third-order valence-electron chi connectivity index (χ3n) is 4.47. The average Bonchev–Trinajstić information content (AvgIpc) is 2.62. The van der Waals surface area contributed by atoms with Crippen LogP contribution in [0.25, 0.3) is 0 Å². The molecule has 2 aromatic rings. The van der Waals surface area contributed by atoms with E-state index in [0.29, 0.717) is 5.02 Å². The van der Waals surface area contributed by atoms with Gasteiger partial charge in [0.1, 0.15) is 5.82 Å². The lowest BCUT2D eigenvalue weighted by Crippen LogP contribution is -2.41. The van der Waals surface area contributed by atoms with Crippen molar-refractivity contribution < 1.29 is 4.79 Å². The number of likely N-dealkylation sites (tertiary alicyclic amines) is 1. The highest BCUT2D eigenvalue weighted by atomic mass is 35.5. The average molecular weight is 359 g/mol. The van der Waals surface area contributed by atoms with Crippen LogP contribution in [-0.4, -0.2) is 36.6 Å². The molecular formula is C19H23ClN4O. The van der Waals surface area contributed by atoms with E-state index in [-0.39, 0.29) is 12.1 Å². The van der Waals surface area contributed by atoms with E-state index in [1.165, 1.54) is 0 Å². The zero-order chi connectivity index (χ0) is 17.8. The number of hydrogen-bond acceptors (Lipinski definition) is 3. The number of pyridine rings is 1. The maximum atomic E-state index is 12.9. The second-order valence-corrected chi connectivity index (χ2v) is 6.92. The largest absolute Gasteiger partial charge is 0.363 e. The van der Waals surface area contributed by atoms with Gasteiger partial charge in [0.2, 0.25) is 0 Å². The van der Waals surface area contributed by atoms with E-state index in [0.717, 1.165) is 42.9 Å². The lowest BCUT2D eigenvalue weighted by atomic mass is 9.95. The van der Waals surface area contributed by atoms with Crippen molar-refractivity contribution in [1.29, 1.82) is 0 Å². The number of nitrogens with zero attached hydrogens (tertiary/aromatic N) is 3. The van der Waals surface area contributed by atoms with Crippen molar-refractivity contribution in [2.24, 2.45) is 0 Å². The first-order chi connectivity index (χ1) is 12.0. The minimum absolute atomic E-state index is 0.0736. The van der Waals surface area contributed by atoms with Crippen LogP contribution in [0.1, 0.15) is 30.9 Å². The normalized spacial score (nSPS) is 17.2. The van der Waals surface area contributed by atoms with Crippen molar-refractivity contribution in [3.63, 3.8) is 0 Å². The molecule has 0 aliphatic carbocycles. The number of amides is 2. The Morgan fingerprint density at radius 2 is 2.00 bits per heavy atom. The molecule has 1 aliphatic rings. The van der Waals surface area contributed by atoms with Gasteiger partial charge < -0.3 is 15.1 Å². The highest BCUT2D eigenvalue weighted by Crippen LogP contribution is 2.32. The molecule has 1 aromatic carbocycles. The van der Waals surface area contributed by atoms with Gasteiger partial charge in [-0.3, -0.25) is 0 Å². The standard InChI is InChI=1S/C19H23ClN4O/c1-23(2)18-13-16(10-11-21-18)22-19(25)24-12-4-3-5-17(24)14-6-8-15(20)9-7-14/h6-11,13,17H,3-5,12H2,1-2H3,(H,21,22,25). The smallest absolute Gasteiger partial charge is 0.322 e. The zero-order valence-electron chi connectivity index (χ0n) is 14.6. The van der Waals surface area contributed by atoms with Crippen LogP contribution in [-0.2, 0) is 0 Å². The summed E-state index contributed by atoms with van der Waals surface area (Å²) in [6.45, 7) is 0.755. The zero-order valence-corrected chi connectivity index (χ0v) is 15.3. The Morgan fingerprint density at radius 3 is 2.72 bits per heavy atom. The van der Waals surface area contributed by atoms with Crippen LogP contribution in [0.15, 0.2) is 42.6 Å². The van der Waals surface area contributed by atoms with Crippen molar-refractivity contribution >= 4 is 29.1 Å². The van der Waals surface area contributed by atoms with E-state index in [9.17, 15) is 4.79 Å². The van der Waals surface area contributed by atoms with Gasteiger partial charge in [-0.15, -0.1) is 0 Å². The fourth-order valence-corrected chi connectivity index (χ4v) is 3.27. The molecule has 2 heterocycles. The number of halogens is 1. The topological polar surface area (TPSA) is 48.5 Å². The monoisotopic (exact) mass is 358 g/mol. The summed E-state index contributed by atoms with van der Waals surface area (Å²) in [5.74, 6) is 0.811. The van der Waals surface area contributed by atoms with Crippen LogP contribution >= 0.6 is 11.6 Å². The Kier molecular flexibility index (Phi) is 5.43. The molecule has 1 N–H and O–H groups in total. The maximum absolute atomic E-state index is 12.9. The van der Waals surface area contributed by atoms with E-state index in [1.807, 2.05) is 60.3 Å². The Bertz CT molecular complexity index is 732. The Morgan fingerprint density at radius 1 is 1.24 bits per heavy atom. The molecule has 1 fully saturated rings. The number of carbonyl (C=O) groups is 1. The first-order valence-electron chi connectivity index (χ1n) is 8.51. The number of hydrogen-bond donors (Lipinski definition) is 1. The summed E-state index contributed by atoms with van der Waals surface area (Å²) < 4.78 is 0. The minimum Gasteiger partial charge on any atom is -0.363 e. The van der Waals surface area contributed by atoms with Crippen LogP contribution < -0.4 is 10.2 Å². The van der Waals surface area contributed by atoms with Crippen molar-refractivity contribution in [1.82, 2.24) is 9.88 Å². The summed E-state index contributed by atoms with van der Waals surface area (Å²) in [6, 6.07) is 11.5. The van der Waals surface area contributed by atoms with Crippen molar-refractivity contribution in [3.8, 4) is 0 Å². The molecule has 1 atom stereocenters. The van der Waals surface area contributed by atoms with Gasteiger partial charge in [0.15, 0.2) is 0 Å². The van der Waals surface area contributed by atoms with Gasteiger partial charge in [-0.2, -0.15) is 0 Å². The maximum Gasteiger partial charge on any atom is 0.322 e.